The molecule has 1 aromatic carbocycles. The van der Waals surface area contributed by atoms with Crippen LogP contribution in [0.15, 0.2) is 40.8 Å². The highest BCUT2D eigenvalue weighted by Gasteiger charge is 2.09. The first kappa shape index (κ1) is 16.3. The number of aryl methyl sites for hydroxylation is 1. The van der Waals surface area contributed by atoms with Crippen LogP contribution in [-0.4, -0.2) is 24.4 Å². The summed E-state index contributed by atoms with van der Waals surface area (Å²) >= 11 is 0. The highest BCUT2D eigenvalue weighted by molar-refractivity contribution is 5.92. The molecule has 0 saturated heterocycles. The van der Waals surface area contributed by atoms with Crippen LogP contribution in [0.5, 0.6) is 0 Å². The number of amides is 1. The summed E-state index contributed by atoms with van der Waals surface area (Å²) in [6, 6.07) is 11.9. The van der Waals surface area contributed by atoms with Gasteiger partial charge in [-0.2, -0.15) is 0 Å². The Bertz CT molecular complexity index is 614. The van der Waals surface area contributed by atoms with E-state index in [1.54, 1.807) is 0 Å². The van der Waals surface area contributed by atoms with Crippen molar-refractivity contribution in [3.8, 4) is 0 Å². The van der Waals surface area contributed by atoms with Crippen LogP contribution < -0.4 is 5.32 Å². The third-order valence-corrected chi connectivity index (χ3v) is 3.50. The second-order valence-corrected chi connectivity index (χ2v) is 6.01. The fourth-order valence-electron chi connectivity index (χ4n) is 2.29. The van der Waals surface area contributed by atoms with Crippen molar-refractivity contribution < 1.29 is 9.21 Å². The zero-order chi connectivity index (χ0) is 16.1. The van der Waals surface area contributed by atoms with E-state index < -0.39 is 0 Å². The minimum absolute atomic E-state index is 0.0249. The van der Waals surface area contributed by atoms with Crippen molar-refractivity contribution in [2.24, 2.45) is 0 Å². The Labute approximate surface area is 132 Å². The Kier molecular flexibility index (Phi) is 5.39. The smallest absolute Gasteiger partial charge is 0.238 e. The predicted molar refractivity (Wildman–Crippen MR) is 88.9 cm³/mol. The van der Waals surface area contributed by atoms with Gasteiger partial charge in [-0.15, -0.1) is 0 Å². The summed E-state index contributed by atoms with van der Waals surface area (Å²) < 4.78 is 5.52. The first-order valence-corrected chi connectivity index (χ1v) is 7.57. The molecule has 0 saturated carbocycles. The average molecular weight is 300 g/mol. The Balaban J connectivity index is 1.84. The zero-order valence-corrected chi connectivity index (χ0v) is 13.7. The van der Waals surface area contributed by atoms with Crippen molar-refractivity contribution >= 4 is 11.6 Å². The molecule has 0 spiro atoms. The second kappa shape index (κ2) is 7.27. The SMILES string of the molecule is Cc1ccc(CN(C)CC(=O)Nc2ccc(C(C)C)cc2)o1. The molecule has 0 bridgehead atoms. The van der Waals surface area contributed by atoms with Gasteiger partial charge in [0.2, 0.25) is 5.91 Å². The van der Waals surface area contributed by atoms with Crippen molar-refractivity contribution in [2.75, 3.05) is 18.9 Å². The highest BCUT2D eigenvalue weighted by atomic mass is 16.3. The van der Waals surface area contributed by atoms with Gasteiger partial charge in [0.15, 0.2) is 0 Å². The van der Waals surface area contributed by atoms with E-state index in [9.17, 15) is 4.79 Å². The van der Waals surface area contributed by atoms with Crippen LogP contribution in [0.2, 0.25) is 0 Å². The van der Waals surface area contributed by atoms with E-state index in [-0.39, 0.29) is 5.91 Å². The van der Waals surface area contributed by atoms with Crippen molar-refractivity contribution in [3.63, 3.8) is 0 Å². The standard InChI is InChI=1S/C18H24N2O2/c1-13(2)15-6-8-16(9-7-15)19-18(21)12-20(4)11-17-10-5-14(3)22-17/h5-10,13H,11-12H2,1-4H3,(H,19,21). The second-order valence-electron chi connectivity index (χ2n) is 6.01. The van der Waals surface area contributed by atoms with Gasteiger partial charge in [-0.1, -0.05) is 26.0 Å². The molecule has 22 heavy (non-hydrogen) atoms. The molecule has 0 aliphatic carbocycles. The van der Waals surface area contributed by atoms with Crippen molar-refractivity contribution in [1.82, 2.24) is 4.90 Å². The number of benzene rings is 1. The Morgan fingerprint density at radius 1 is 1.18 bits per heavy atom. The molecular formula is C18H24N2O2. The topological polar surface area (TPSA) is 45.5 Å². The van der Waals surface area contributed by atoms with E-state index in [0.717, 1.165) is 17.2 Å². The van der Waals surface area contributed by atoms with Gasteiger partial charge >= 0.3 is 0 Å². The van der Waals surface area contributed by atoms with Crippen LogP contribution in [-0.2, 0) is 11.3 Å². The molecule has 1 amide bonds. The van der Waals surface area contributed by atoms with Gasteiger partial charge in [0.1, 0.15) is 11.5 Å². The molecule has 2 rings (SSSR count). The van der Waals surface area contributed by atoms with Gasteiger partial charge in [0, 0.05) is 5.69 Å². The van der Waals surface area contributed by atoms with Crippen LogP contribution in [0.4, 0.5) is 5.69 Å². The summed E-state index contributed by atoms with van der Waals surface area (Å²) in [5.74, 6) is 2.22. The average Bonchev–Trinajstić information content (AvgIpc) is 2.84. The summed E-state index contributed by atoms with van der Waals surface area (Å²) in [7, 11) is 1.90. The van der Waals surface area contributed by atoms with Gasteiger partial charge in [-0.3, -0.25) is 9.69 Å². The lowest BCUT2D eigenvalue weighted by Crippen LogP contribution is -2.29. The minimum Gasteiger partial charge on any atom is -0.465 e. The summed E-state index contributed by atoms with van der Waals surface area (Å²) in [5, 5.41) is 2.92. The van der Waals surface area contributed by atoms with E-state index in [2.05, 4.69) is 31.3 Å². The van der Waals surface area contributed by atoms with Gasteiger partial charge in [-0.25, -0.2) is 0 Å². The number of nitrogens with zero attached hydrogens (tertiary/aromatic N) is 1. The van der Waals surface area contributed by atoms with Gasteiger partial charge < -0.3 is 9.73 Å². The van der Waals surface area contributed by atoms with Gasteiger partial charge in [-0.05, 0) is 49.7 Å². The maximum atomic E-state index is 12.1. The largest absolute Gasteiger partial charge is 0.465 e. The number of likely N-dealkylation sites (N-methyl/N-ethyl adjacent to an activating group) is 1. The van der Waals surface area contributed by atoms with Crippen LogP contribution >= 0.6 is 0 Å². The Morgan fingerprint density at radius 3 is 2.41 bits per heavy atom. The third-order valence-electron chi connectivity index (χ3n) is 3.50. The van der Waals surface area contributed by atoms with Crippen LogP contribution in [0, 0.1) is 6.92 Å². The Hall–Kier alpha value is -2.07. The molecule has 0 radical (unpaired) electrons. The normalized spacial score (nSPS) is 11.2. The lowest BCUT2D eigenvalue weighted by molar-refractivity contribution is -0.117. The molecule has 0 aliphatic heterocycles. The molecule has 0 fully saturated rings. The molecule has 0 atom stereocenters. The summed E-state index contributed by atoms with van der Waals surface area (Å²) in [6.45, 7) is 7.16. The maximum Gasteiger partial charge on any atom is 0.238 e. The van der Waals surface area contributed by atoms with Crippen LogP contribution in [0.1, 0.15) is 36.8 Å². The molecule has 1 heterocycles. The van der Waals surface area contributed by atoms with Gasteiger partial charge in [0.25, 0.3) is 0 Å². The third kappa shape index (κ3) is 4.74. The van der Waals surface area contributed by atoms with Crippen LogP contribution in [0.3, 0.4) is 0 Å². The zero-order valence-electron chi connectivity index (χ0n) is 13.7. The lowest BCUT2D eigenvalue weighted by Gasteiger charge is -2.15. The first-order valence-electron chi connectivity index (χ1n) is 7.57. The lowest BCUT2D eigenvalue weighted by atomic mass is 10.0. The van der Waals surface area contributed by atoms with Crippen molar-refractivity contribution in [3.05, 3.63) is 53.5 Å². The first-order chi connectivity index (χ1) is 10.4. The number of hydrogen-bond donors (Lipinski definition) is 1. The summed E-state index contributed by atoms with van der Waals surface area (Å²) in [4.78, 5) is 14.0. The molecule has 4 heteroatoms. The number of nitrogens with one attached hydrogen (secondary N) is 1. The van der Waals surface area contributed by atoms with Crippen molar-refractivity contribution in [1.29, 1.82) is 0 Å². The maximum absolute atomic E-state index is 12.1. The monoisotopic (exact) mass is 300 g/mol. The molecule has 1 aromatic heterocycles. The van der Waals surface area contributed by atoms with Crippen LogP contribution in [0.25, 0.3) is 0 Å². The number of furan rings is 1. The van der Waals surface area contributed by atoms with Gasteiger partial charge in [0.05, 0.1) is 13.1 Å². The van der Waals surface area contributed by atoms with E-state index in [4.69, 9.17) is 4.42 Å². The van der Waals surface area contributed by atoms with E-state index in [1.165, 1.54) is 5.56 Å². The molecule has 4 nitrogen and oxygen atoms in total. The fraction of sp³-hybridized carbons (Fsp3) is 0.389. The fourth-order valence-corrected chi connectivity index (χ4v) is 2.29. The molecule has 118 valence electrons. The molecule has 1 N–H and O–H groups in total. The molecule has 0 unspecified atom stereocenters. The number of carbonyl (C=O) groups excluding carboxylic acids is 1. The van der Waals surface area contributed by atoms with E-state index in [1.807, 2.05) is 43.1 Å². The number of carbonyl (C=O) groups is 1. The predicted octanol–water partition coefficient (Wildman–Crippen LogP) is 3.78. The Morgan fingerprint density at radius 2 is 1.86 bits per heavy atom. The van der Waals surface area contributed by atoms with Crippen molar-refractivity contribution in [2.45, 2.75) is 33.2 Å². The number of rotatable bonds is 6. The van der Waals surface area contributed by atoms with E-state index >= 15 is 0 Å². The summed E-state index contributed by atoms with van der Waals surface area (Å²) in [5.41, 5.74) is 2.10. The quantitative estimate of drug-likeness (QED) is 0.883. The highest BCUT2D eigenvalue weighted by Crippen LogP contribution is 2.17. The van der Waals surface area contributed by atoms with E-state index in [0.29, 0.717) is 19.0 Å². The number of anilines is 1. The minimum atomic E-state index is -0.0249. The molecule has 0 aliphatic rings. The molecular weight excluding hydrogens is 276 g/mol. The number of hydrogen-bond acceptors (Lipinski definition) is 3. The molecule has 2 aromatic rings. The summed E-state index contributed by atoms with van der Waals surface area (Å²) in [6.07, 6.45) is 0.